The van der Waals surface area contributed by atoms with Crippen molar-refractivity contribution >= 4 is 22.0 Å². The van der Waals surface area contributed by atoms with Crippen LogP contribution in [-0.2, 0) is 14.8 Å². The Morgan fingerprint density at radius 3 is 2.41 bits per heavy atom. The van der Waals surface area contributed by atoms with Crippen LogP contribution >= 0.6 is 0 Å². The maximum atomic E-state index is 13.0. The fraction of sp³-hybridized carbons (Fsp3) is 0.318. The van der Waals surface area contributed by atoms with Crippen molar-refractivity contribution in [2.24, 2.45) is 0 Å². The molecule has 0 bridgehead atoms. The van der Waals surface area contributed by atoms with E-state index in [0.29, 0.717) is 0 Å². The van der Waals surface area contributed by atoms with Gasteiger partial charge in [-0.3, -0.25) is 4.79 Å². The van der Waals surface area contributed by atoms with Crippen molar-refractivity contribution in [2.45, 2.75) is 29.8 Å². The van der Waals surface area contributed by atoms with Gasteiger partial charge in [0.05, 0.1) is 30.1 Å². The molecule has 6 nitrogen and oxygen atoms in total. The van der Waals surface area contributed by atoms with Gasteiger partial charge in [-0.1, -0.05) is 54.6 Å². The average molecular weight is 413 g/mol. The number of nitrogens with zero attached hydrogens (tertiary/aromatic N) is 2. The van der Waals surface area contributed by atoms with E-state index < -0.39 is 10.0 Å². The van der Waals surface area contributed by atoms with Crippen LogP contribution in [0.3, 0.4) is 0 Å². The third kappa shape index (κ3) is 3.39. The summed E-state index contributed by atoms with van der Waals surface area (Å²) >= 11 is 0. The van der Waals surface area contributed by atoms with Crippen LogP contribution in [0.15, 0.2) is 65.6 Å². The minimum absolute atomic E-state index is 0.0996. The Hall–Kier alpha value is -2.48. The molecule has 0 saturated carbocycles. The molecule has 3 atom stereocenters. The molecule has 2 heterocycles. The Balaban J connectivity index is 1.62. The number of aliphatic hydroxyl groups is 1. The summed E-state index contributed by atoms with van der Waals surface area (Å²) in [7, 11) is -3.75. The summed E-state index contributed by atoms with van der Waals surface area (Å²) < 4.78 is 27.3. The lowest BCUT2D eigenvalue weighted by Gasteiger charge is -2.58. The van der Waals surface area contributed by atoms with Crippen LogP contribution in [0.5, 0.6) is 0 Å². The molecule has 7 heteroatoms. The SMILES string of the molecule is C/C=C/c1ccc([C@H]2[C@H]3CN(S(=O)(=O)c4ccccc4)CC(=O)N3[C@H]2CO)cc1. The first-order chi connectivity index (χ1) is 14.0. The highest BCUT2D eigenvalue weighted by molar-refractivity contribution is 7.89. The molecule has 1 N–H and O–H groups in total. The van der Waals surface area contributed by atoms with E-state index >= 15 is 0 Å². The van der Waals surface area contributed by atoms with Gasteiger partial charge in [-0.2, -0.15) is 4.31 Å². The Morgan fingerprint density at radius 1 is 1.10 bits per heavy atom. The van der Waals surface area contributed by atoms with Gasteiger partial charge in [-0.15, -0.1) is 0 Å². The lowest BCUT2D eigenvalue weighted by molar-refractivity contribution is -0.158. The van der Waals surface area contributed by atoms with Gasteiger partial charge in [0, 0.05) is 12.5 Å². The number of fused-ring (bicyclic) bond motifs is 1. The molecule has 0 aromatic heterocycles. The van der Waals surface area contributed by atoms with Gasteiger partial charge in [0.25, 0.3) is 0 Å². The fourth-order valence-corrected chi connectivity index (χ4v) is 5.84. The molecule has 2 aromatic carbocycles. The van der Waals surface area contributed by atoms with Crippen molar-refractivity contribution in [2.75, 3.05) is 19.7 Å². The van der Waals surface area contributed by atoms with E-state index in [4.69, 9.17) is 0 Å². The second-order valence-corrected chi connectivity index (χ2v) is 9.36. The topological polar surface area (TPSA) is 77.9 Å². The van der Waals surface area contributed by atoms with Crippen LogP contribution in [-0.4, -0.2) is 60.4 Å². The molecule has 0 spiro atoms. The normalized spacial score (nSPS) is 25.1. The lowest BCUT2D eigenvalue weighted by Crippen LogP contribution is -2.73. The maximum Gasteiger partial charge on any atom is 0.243 e. The summed E-state index contributed by atoms with van der Waals surface area (Å²) in [6.45, 7) is 1.84. The number of hydrogen-bond donors (Lipinski definition) is 1. The van der Waals surface area contributed by atoms with Crippen molar-refractivity contribution < 1.29 is 18.3 Å². The second-order valence-electron chi connectivity index (χ2n) is 7.42. The molecule has 2 fully saturated rings. The Kier molecular flexibility index (Phi) is 5.29. The van der Waals surface area contributed by atoms with Crippen LogP contribution in [0.4, 0.5) is 0 Å². The third-order valence-corrected chi connectivity index (χ3v) is 7.61. The number of amides is 1. The Labute approximate surface area is 171 Å². The molecule has 152 valence electrons. The molecule has 2 saturated heterocycles. The maximum absolute atomic E-state index is 13.0. The monoisotopic (exact) mass is 412 g/mol. The van der Waals surface area contributed by atoms with Gasteiger partial charge in [0.2, 0.25) is 15.9 Å². The van der Waals surface area contributed by atoms with Crippen molar-refractivity contribution in [3.8, 4) is 0 Å². The molecule has 2 aliphatic rings. The van der Waals surface area contributed by atoms with E-state index in [1.807, 2.05) is 43.3 Å². The zero-order chi connectivity index (χ0) is 20.6. The number of rotatable bonds is 5. The number of allylic oxidation sites excluding steroid dienone is 1. The first kappa shape index (κ1) is 19.8. The lowest BCUT2D eigenvalue weighted by atomic mass is 9.74. The van der Waals surface area contributed by atoms with Crippen LogP contribution in [0.1, 0.15) is 24.0 Å². The second kappa shape index (κ2) is 7.74. The number of hydrogen-bond acceptors (Lipinski definition) is 4. The summed E-state index contributed by atoms with van der Waals surface area (Å²) in [4.78, 5) is 14.6. The van der Waals surface area contributed by atoms with Gasteiger partial charge < -0.3 is 10.0 Å². The van der Waals surface area contributed by atoms with E-state index in [9.17, 15) is 18.3 Å². The molecule has 2 aromatic rings. The summed E-state index contributed by atoms with van der Waals surface area (Å²) in [6, 6.07) is 15.6. The van der Waals surface area contributed by atoms with Crippen molar-refractivity contribution in [1.82, 2.24) is 9.21 Å². The van der Waals surface area contributed by atoms with E-state index in [-0.39, 0.29) is 48.5 Å². The molecule has 29 heavy (non-hydrogen) atoms. The molecule has 1 amide bonds. The summed E-state index contributed by atoms with van der Waals surface area (Å²) in [5.74, 6) is -0.362. The number of carbonyl (C=O) groups is 1. The van der Waals surface area contributed by atoms with Crippen LogP contribution in [0.25, 0.3) is 6.08 Å². The molecule has 2 aliphatic heterocycles. The average Bonchev–Trinajstić information content (AvgIpc) is 2.71. The molecule has 0 aliphatic carbocycles. The largest absolute Gasteiger partial charge is 0.394 e. The summed E-state index contributed by atoms with van der Waals surface area (Å²) in [6.07, 6.45) is 3.96. The highest BCUT2D eigenvalue weighted by Crippen LogP contribution is 2.43. The quantitative estimate of drug-likeness (QED) is 0.816. The van der Waals surface area contributed by atoms with Gasteiger partial charge in [-0.25, -0.2) is 8.42 Å². The first-order valence-electron chi connectivity index (χ1n) is 9.67. The Morgan fingerprint density at radius 2 is 1.79 bits per heavy atom. The van der Waals surface area contributed by atoms with E-state index in [1.165, 1.54) is 4.31 Å². The van der Waals surface area contributed by atoms with Gasteiger partial charge in [0.15, 0.2) is 0 Å². The van der Waals surface area contributed by atoms with Crippen molar-refractivity contribution in [3.63, 3.8) is 0 Å². The molecular formula is C22H24N2O4S. The van der Waals surface area contributed by atoms with Crippen molar-refractivity contribution in [1.29, 1.82) is 0 Å². The van der Waals surface area contributed by atoms with Gasteiger partial charge >= 0.3 is 0 Å². The smallest absolute Gasteiger partial charge is 0.243 e. The van der Waals surface area contributed by atoms with Gasteiger partial charge in [-0.05, 0) is 30.2 Å². The van der Waals surface area contributed by atoms with Gasteiger partial charge in [0.1, 0.15) is 0 Å². The number of piperazine rings is 1. The van der Waals surface area contributed by atoms with Crippen molar-refractivity contribution in [3.05, 3.63) is 71.8 Å². The third-order valence-electron chi connectivity index (χ3n) is 5.78. The summed E-state index contributed by atoms with van der Waals surface area (Å²) in [5.41, 5.74) is 2.08. The standard InChI is InChI=1S/C22H24N2O4S/c1-2-6-16-9-11-17(12-10-16)22-19-13-23(14-21(26)24(19)20(22)15-25)29(27,28)18-7-4-3-5-8-18/h2-12,19-20,22,25H,13-15H2,1H3/b6-2+/t19-,20+,22+/m1/s1. The predicted octanol–water partition coefficient (Wildman–Crippen LogP) is 2.08. The minimum atomic E-state index is -3.75. The molecule has 0 unspecified atom stereocenters. The molecule has 0 radical (unpaired) electrons. The van der Waals surface area contributed by atoms with Crippen LogP contribution in [0.2, 0.25) is 0 Å². The van der Waals surface area contributed by atoms with Crippen LogP contribution in [0, 0.1) is 0 Å². The van der Waals surface area contributed by atoms with Crippen LogP contribution < -0.4 is 0 Å². The first-order valence-corrected chi connectivity index (χ1v) is 11.1. The fourth-order valence-electron chi connectivity index (χ4n) is 4.42. The summed E-state index contributed by atoms with van der Waals surface area (Å²) in [5, 5.41) is 9.88. The van der Waals surface area contributed by atoms with E-state index in [0.717, 1.165) is 11.1 Å². The zero-order valence-corrected chi connectivity index (χ0v) is 17.0. The Bertz CT molecular complexity index is 1020. The number of benzene rings is 2. The highest BCUT2D eigenvalue weighted by Gasteiger charge is 2.55. The number of carbonyl (C=O) groups excluding carboxylic acids is 1. The van der Waals surface area contributed by atoms with E-state index in [2.05, 4.69) is 0 Å². The minimum Gasteiger partial charge on any atom is -0.394 e. The molecular weight excluding hydrogens is 388 g/mol. The highest BCUT2D eigenvalue weighted by atomic mass is 32.2. The number of sulfonamides is 1. The number of aliphatic hydroxyl groups excluding tert-OH is 1. The molecule has 4 rings (SSSR count). The zero-order valence-electron chi connectivity index (χ0n) is 16.2. The van der Waals surface area contributed by atoms with E-state index in [1.54, 1.807) is 35.2 Å². The predicted molar refractivity (Wildman–Crippen MR) is 111 cm³/mol.